The number of ether oxygens (including phenoxy) is 3. The van der Waals surface area contributed by atoms with Gasteiger partial charge in [-0.2, -0.15) is 0 Å². The Hall–Kier alpha value is -2.28. The van der Waals surface area contributed by atoms with E-state index in [4.69, 9.17) is 25.8 Å². The van der Waals surface area contributed by atoms with Crippen molar-refractivity contribution in [2.45, 2.75) is 12.6 Å². The van der Waals surface area contributed by atoms with Gasteiger partial charge in [0.2, 0.25) is 6.79 Å². The fourth-order valence-electron chi connectivity index (χ4n) is 3.30. The normalized spacial score (nSPS) is 19.1. The summed E-state index contributed by atoms with van der Waals surface area (Å²) in [7, 11) is 0. The summed E-state index contributed by atoms with van der Waals surface area (Å²) in [5.74, 6) is 0.773. The summed E-state index contributed by atoms with van der Waals surface area (Å²) in [6, 6.07) is 13.6. The smallest absolute Gasteiger partial charge is 0.251 e. The molecule has 1 fully saturated rings. The van der Waals surface area contributed by atoms with Crippen molar-refractivity contribution in [2.24, 2.45) is 0 Å². The molecule has 1 N–H and O–H groups in total. The van der Waals surface area contributed by atoms with Gasteiger partial charge in [0.25, 0.3) is 5.91 Å². The quantitative estimate of drug-likeness (QED) is 0.853. The zero-order valence-electron chi connectivity index (χ0n) is 14.8. The average molecular weight is 389 g/mol. The third-order valence-electron chi connectivity index (χ3n) is 4.65. The fourth-order valence-corrected chi connectivity index (χ4v) is 3.56. The highest BCUT2D eigenvalue weighted by atomic mass is 35.5. The van der Waals surface area contributed by atoms with Gasteiger partial charge in [0.1, 0.15) is 0 Å². The summed E-state index contributed by atoms with van der Waals surface area (Å²) >= 11 is 6.15. The number of amides is 1. The summed E-state index contributed by atoms with van der Waals surface area (Å²) in [5, 5.41) is 3.30. The van der Waals surface area contributed by atoms with Gasteiger partial charge in [0, 0.05) is 31.7 Å². The molecule has 2 heterocycles. The lowest BCUT2D eigenvalue weighted by atomic mass is 10.1. The van der Waals surface area contributed by atoms with Gasteiger partial charge in [-0.05, 0) is 17.7 Å². The van der Waals surface area contributed by atoms with Gasteiger partial charge in [-0.25, -0.2) is 0 Å². The largest absolute Gasteiger partial charge is 0.454 e. The predicted molar refractivity (Wildman–Crippen MR) is 101 cm³/mol. The number of fused-ring (bicyclic) bond motifs is 1. The summed E-state index contributed by atoms with van der Waals surface area (Å²) in [6.45, 7) is 3.76. The minimum Gasteiger partial charge on any atom is -0.454 e. The molecule has 4 rings (SSSR count). The fraction of sp³-hybridized carbons (Fsp3) is 0.350. The van der Waals surface area contributed by atoms with Crippen molar-refractivity contribution in [3.8, 4) is 11.5 Å². The number of carbonyl (C=O) groups is 1. The van der Waals surface area contributed by atoms with Crippen LogP contribution in [0.25, 0.3) is 0 Å². The molecule has 0 aromatic heterocycles. The van der Waals surface area contributed by atoms with Gasteiger partial charge in [0.05, 0.1) is 17.7 Å². The molecule has 142 valence electrons. The molecule has 2 aromatic rings. The van der Waals surface area contributed by atoms with Crippen LogP contribution in [0.5, 0.6) is 11.5 Å². The molecule has 0 saturated carbocycles. The molecule has 0 bridgehead atoms. The van der Waals surface area contributed by atoms with Crippen molar-refractivity contribution in [3.05, 3.63) is 58.6 Å². The molecule has 2 aromatic carbocycles. The number of hydrogen-bond acceptors (Lipinski definition) is 5. The van der Waals surface area contributed by atoms with Crippen molar-refractivity contribution in [1.29, 1.82) is 0 Å². The maximum Gasteiger partial charge on any atom is 0.251 e. The first kappa shape index (κ1) is 18.1. The van der Waals surface area contributed by atoms with Gasteiger partial charge < -0.3 is 19.5 Å². The van der Waals surface area contributed by atoms with Crippen molar-refractivity contribution in [3.63, 3.8) is 0 Å². The van der Waals surface area contributed by atoms with E-state index in [0.717, 1.165) is 19.6 Å². The molecule has 0 radical (unpaired) electrons. The number of carbonyl (C=O) groups excluding carboxylic acids is 1. The van der Waals surface area contributed by atoms with E-state index in [0.29, 0.717) is 35.2 Å². The first-order valence-electron chi connectivity index (χ1n) is 8.94. The van der Waals surface area contributed by atoms with Crippen LogP contribution >= 0.6 is 11.6 Å². The van der Waals surface area contributed by atoms with Crippen LogP contribution in [0.3, 0.4) is 0 Å². The molecule has 0 unspecified atom stereocenters. The first-order valence-corrected chi connectivity index (χ1v) is 9.32. The van der Waals surface area contributed by atoms with Crippen LogP contribution in [0.15, 0.2) is 42.5 Å². The Kier molecular flexibility index (Phi) is 5.48. The van der Waals surface area contributed by atoms with Crippen LogP contribution in [-0.2, 0) is 11.3 Å². The van der Waals surface area contributed by atoms with Crippen molar-refractivity contribution < 1.29 is 19.0 Å². The summed E-state index contributed by atoms with van der Waals surface area (Å²) < 4.78 is 16.4. The Morgan fingerprint density at radius 3 is 2.93 bits per heavy atom. The Bertz CT molecular complexity index is 815. The van der Waals surface area contributed by atoms with E-state index in [-0.39, 0.29) is 18.8 Å². The Balaban J connectivity index is 1.32. The summed E-state index contributed by atoms with van der Waals surface area (Å²) in [4.78, 5) is 14.8. The van der Waals surface area contributed by atoms with Gasteiger partial charge >= 0.3 is 0 Å². The van der Waals surface area contributed by atoms with Crippen LogP contribution in [0, 0.1) is 0 Å². The third-order valence-corrected chi connectivity index (χ3v) is 4.93. The average Bonchev–Trinajstić information content (AvgIpc) is 3.16. The van der Waals surface area contributed by atoms with E-state index in [1.165, 1.54) is 5.56 Å². The monoisotopic (exact) mass is 388 g/mol. The Morgan fingerprint density at radius 2 is 2.07 bits per heavy atom. The molecule has 2 aliphatic rings. The minimum absolute atomic E-state index is 0.0455. The summed E-state index contributed by atoms with van der Waals surface area (Å²) in [5.41, 5.74) is 1.72. The second-order valence-corrected chi connectivity index (χ2v) is 7.02. The zero-order valence-corrected chi connectivity index (χ0v) is 15.6. The number of halogens is 1. The third kappa shape index (κ3) is 4.35. The topological polar surface area (TPSA) is 60.0 Å². The molecule has 1 amide bonds. The number of morpholine rings is 1. The van der Waals surface area contributed by atoms with E-state index in [1.54, 1.807) is 12.1 Å². The lowest BCUT2D eigenvalue weighted by Crippen LogP contribution is -2.47. The minimum atomic E-state index is -0.209. The van der Waals surface area contributed by atoms with Gasteiger partial charge in [0.15, 0.2) is 11.5 Å². The van der Waals surface area contributed by atoms with Crippen LogP contribution in [-0.4, -0.2) is 49.9 Å². The molecule has 0 spiro atoms. The van der Waals surface area contributed by atoms with E-state index in [9.17, 15) is 4.79 Å². The molecule has 2 aliphatic heterocycles. The summed E-state index contributed by atoms with van der Waals surface area (Å²) in [6.07, 6.45) is -0.0455. The number of hydrogen-bond donors (Lipinski definition) is 1. The number of rotatable bonds is 5. The standard InChI is InChI=1S/C20H21ClN2O4/c21-17-8-15(9-18-19(17)27-13-26-18)20(24)22-10-16-12-23(6-7-25-16)11-14-4-2-1-3-5-14/h1-5,8-9,16H,6-7,10-13H2,(H,22,24)/t16-/m0/s1. The maximum absolute atomic E-state index is 12.5. The van der Waals surface area contributed by atoms with Crippen molar-refractivity contribution >= 4 is 17.5 Å². The Labute approximate surface area is 163 Å². The molecule has 7 heteroatoms. The number of benzene rings is 2. The molecule has 1 saturated heterocycles. The molecule has 0 aliphatic carbocycles. The van der Waals surface area contributed by atoms with E-state index >= 15 is 0 Å². The maximum atomic E-state index is 12.5. The lowest BCUT2D eigenvalue weighted by Gasteiger charge is -2.33. The lowest BCUT2D eigenvalue weighted by molar-refractivity contribution is -0.0292. The van der Waals surface area contributed by atoms with Crippen LogP contribution < -0.4 is 14.8 Å². The molecular formula is C20H21ClN2O4. The van der Waals surface area contributed by atoms with Crippen molar-refractivity contribution in [2.75, 3.05) is 33.0 Å². The van der Waals surface area contributed by atoms with Gasteiger partial charge in [-0.3, -0.25) is 9.69 Å². The second-order valence-electron chi connectivity index (χ2n) is 6.62. The van der Waals surface area contributed by atoms with Gasteiger partial charge in [-0.15, -0.1) is 0 Å². The van der Waals surface area contributed by atoms with E-state index in [2.05, 4.69) is 22.3 Å². The van der Waals surface area contributed by atoms with Crippen LogP contribution in [0.1, 0.15) is 15.9 Å². The first-order chi connectivity index (χ1) is 13.2. The van der Waals surface area contributed by atoms with Gasteiger partial charge in [-0.1, -0.05) is 41.9 Å². The number of nitrogens with zero attached hydrogens (tertiary/aromatic N) is 1. The predicted octanol–water partition coefficient (Wildman–Crippen LogP) is 2.70. The Morgan fingerprint density at radius 1 is 1.22 bits per heavy atom. The van der Waals surface area contributed by atoms with Crippen LogP contribution in [0.2, 0.25) is 5.02 Å². The van der Waals surface area contributed by atoms with E-state index < -0.39 is 0 Å². The molecule has 27 heavy (non-hydrogen) atoms. The van der Waals surface area contributed by atoms with E-state index in [1.807, 2.05) is 18.2 Å². The number of nitrogens with one attached hydrogen (secondary N) is 1. The highest BCUT2D eigenvalue weighted by Crippen LogP contribution is 2.39. The highest BCUT2D eigenvalue weighted by molar-refractivity contribution is 6.32. The molecular weight excluding hydrogens is 368 g/mol. The second kappa shape index (κ2) is 8.17. The molecule has 1 atom stereocenters. The zero-order chi connectivity index (χ0) is 18.6. The molecule has 6 nitrogen and oxygen atoms in total. The van der Waals surface area contributed by atoms with Crippen molar-refractivity contribution in [1.82, 2.24) is 10.2 Å². The highest BCUT2D eigenvalue weighted by Gasteiger charge is 2.23. The van der Waals surface area contributed by atoms with Crippen LogP contribution in [0.4, 0.5) is 0 Å². The SMILES string of the molecule is O=C(NC[C@H]1CN(Cc2ccccc2)CCO1)c1cc(Cl)c2c(c1)OCO2.